The number of pyridine rings is 1. The lowest BCUT2D eigenvalue weighted by Crippen LogP contribution is -2.49. The van der Waals surface area contributed by atoms with Crippen LogP contribution in [0.2, 0.25) is 5.02 Å². The third-order valence-electron chi connectivity index (χ3n) is 6.97. The number of imidazole rings is 1. The van der Waals surface area contributed by atoms with Gasteiger partial charge in [0.1, 0.15) is 17.4 Å². The van der Waals surface area contributed by atoms with Crippen LogP contribution in [-0.4, -0.2) is 56.3 Å². The Hall–Kier alpha value is -3.62. The fraction of sp³-hybridized carbons (Fsp3) is 0.286. The van der Waals surface area contributed by atoms with Crippen molar-refractivity contribution in [3.05, 3.63) is 82.4 Å². The molecule has 0 spiro atoms. The molecule has 0 amide bonds. The SMILES string of the molecule is CC(C)N1CCN(c2cc(-c3cc(F)cc(-c4ccc(-n5ccn(C)c5=O)c(Cl)c4)c3O)ccn2)CC1. The Morgan fingerprint density at radius 1 is 0.973 bits per heavy atom. The topological polar surface area (TPSA) is 66.5 Å². The summed E-state index contributed by atoms with van der Waals surface area (Å²) in [6, 6.07) is 11.8. The van der Waals surface area contributed by atoms with Crippen LogP contribution in [0.15, 0.2) is 65.8 Å². The Balaban J connectivity index is 1.48. The molecule has 0 aliphatic carbocycles. The van der Waals surface area contributed by atoms with E-state index >= 15 is 0 Å². The summed E-state index contributed by atoms with van der Waals surface area (Å²) in [5.74, 6) is 0.266. The fourth-order valence-corrected chi connectivity index (χ4v) is 5.05. The van der Waals surface area contributed by atoms with E-state index in [1.165, 1.54) is 21.3 Å². The first kappa shape index (κ1) is 25.0. The van der Waals surface area contributed by atoms with Crippen LogP contribution < -0.4 is 10.6 Å². The van der Waals surface area contributed by atoms with Gasteiger partial charge in [0.25, 0.3) is 0 Å². The Morgan fingerprint density at radius 3 is 2.24 bits per heavy atom. The highest BCUT2D eigenvalue weighted by Gasteiger charge is 2.21. The molecule has 1 N–H and O–H groups in total. The Morgan fingerprint density at radius 2 is 1.65 bits per heavy atom. The molecule has 5 rings (SSSR count). The molecule has 1 aliphatic rings. The molecular weight excluding hydrogens is 493 g/mol. The summed E-state index contributed by atoms with van der Waals surface area (Å²) in [6.45, 7) is 7.99. The summed E-state index contributed by atoms with van der Waals surface area (Å²) in [5.41, 5.74) is 2.17. The number of rotatable bonds is 5. The zero-order valence-electron chi connectivity index (χ0n) is 21.0. The Kier molecular flexibility index (Phi) is 6.79. The number of aryl methyl sites for hydroxylation is 1. The average molecular weight is 522 g/mol. The van der Waals surface area contributed by atoms with Crippen LogP contribution in [0.3, 0.4) is 0 Å². The quantitative estimate of drug-likeness (QED) is 0.403. The summed E-state index contributed by atoms with van der Waals surface area (Å²) >= 11 is 6.52. The molecule has 7 nitrogen and oxygen atoms in total. The number of hydrogen-bond acceptors (Lipinski definition) is 5. The third kappa shape index (κ3) is 4.86. The molecule has 0 atom stereocenters. The van der Waals surface area contributed by atoms with Gasteiger partial charge in [-0.3, -0.25) is 9.47 Å². The van der Waals surface area contributed by atoms with Gasteiger partial charge in [-0.1, -0.05) is 17.7 Å². The molecule has 0 radical (unpaired) electrons. The number of anilines is 1. The van der Waals surface area contributed by atoms with E-state index in [4.69, 9.17) is 11.6 Å². The maximum atomic E-state index is 14.8. The zero-order valence-corrected chi connectivity index (χ0v) is 21.8. The van der Waals surface area contributed by atoms with Gasteiger partial charge in [-0.05, 0) is 61.4 Å². The van der Waals surface area contributed by atoms with E-state index in [1.54, 1.807) is 49.9 Å². The number of phenols is 1. The van der Waals surface area contributed by atoms with Crippen molar-refractivity contribution < 1.29 is 9.50 Å². The number of benzene rings is 2. The van der Waals surface area contributed by atoms with E-state index in [1.807, 2.05) is 6.07 Å². The molecule has 1 aliphatic heterocycles. The number of nitrogens with zero attached hydrogens (tertiary/aromatic N) is 5. The summed E-state index contributed by atoms with van der Waals surface area (Å²) in [7, 11) is 1.66. The van der Waals surface area contributed by atoms with Gasteiger partial charge in [0.2, 0.25) is 0 Å². The maximum Gasteiger partial charge on any atom is 0.332 e. The number of aromatic nitrogens is 3. The highest BCUT2D eigenvalue weighted by molar-refractivity contribution is 6.32. The molecule has 0 unspecified atom stereocenters. The molecule has 2 aromatic carbocycles. The van der Waals surface area contributed by atoms with E-state index < -0.39 is 5.82 Å². The number of hydrogen-bond donors (Lipinski definition) is 1. The lowest BCUT2D eigenvalue weighted by molar-refractivity contribution is 0.209. The Bertz CT molecular complexity index is 1500. The first-order valence-electron chi connectivity index (χ1n) is 12.2. The highest BCUT2D eigenvalue weighted by atomic mass is 35.5. The summed E-state index contributed by atoms with van der Waals surface area (Å²) in [6.07, 6.45) is 4.96. The van der Waals surface area contributed by atoms with E-state index in [9.17, 15) is 14.3 Å². The highest BCUT2D eigenvalue weighted by Crippen LogP contribution is 2.41. The monoisotopic (exact) mass is 521 g/mol. The van der Waals surface area contributed by atoms with Crippen molar-refractivity contribution in [1.82, 2.24) is 19.0 Å². The second kappa shape index (κ2) is 10.0. The molecule has 9 heteroatoms. The summed E-state index contributed by atoms with van der Waals surface area (Å²) < 4.78 is 17.7. The van der Waals surface area contributed by atoms with Crippen LogP contribution >= 0.6 is 11.6 Å². The minimum atomic E-state index is -0.480. The van der Waals surface area contributed by atoms with Gasteiger partial charge in [0.05, 0.1) is 10.7 Å². The lowest BCUT2D eigenvalue weighted by atomic mass is 9.97. The van der Waals surface area contributed by atoms with E-state index in [2.05, 4.69) is 28.6 Å². The van der Waals surface area contributed by atoms with Crippen LogP contribution in [0.25, 0.3) is 27.9 Å². The van der Waals surface area contributed by atoms with Gasteiger partial charge >= 0.3 is 5.69 Å². The van der Waals surface area contributed by atoms with Crippen LogP contribution in [0.4, 0.5) is 10.2 Å². The number of phenolic OH excluding ortho intramolecular Hbond substituents is 1. The normalized spacial score (nSPS) is 14.5. The third-order valence-corrected chi connectivity index (χ3v) is 7.27. The molecule has 3 heterocycles. The van der Waals surface area contributed by atoms with Crippen molar-refractivity contribution in [3.8, 4) is 33.7 Å². The van der Waals surface area contributed by atoms with E-state index in [0.29, 0.717) is 39.0 Å². The molecule has 0 bridgehead atoms. The maximum absolute atomic E-state index is 14.8. The lowest BCUT2D eigenvalue weighted by Gasteiger charge is -2.37. The molecule has 192 valence electrons. The van der Waals surface area contributed by atoms with Gasteiger partial charge < -0.3 is 14.6 Å². The minimum absolute atomic E-state index is 0.0520. The van der Waals surface area contributed by atoms with Crippen molar-refractivity contribution in [2.75, 3.05) is 31.1 Å². The minimum Gasteiger partial charge on any atom is -0.507 e. The second-order valence-electron chi connectivity index (χ2n) is 9.60. The van der Waals surface area contributed by atoms with Crippen molar-refractivity contribution >= 4 is 17.4 Å². The molecule has 4 aromatic rings. The zero-order chi connectivity index (χ0) is 26.3. The molecule has 0 saturated carbocycles. The first-order chi connectivity index (χ1) is 17.7. The predicted octanol–water partition coefficient (Wildman–Crippen LogP) is 4.93. The average Bonchev–Trinajstić information content (AvgIpc) is 3.23. The number of halogens is 2. The van der Waals surface area contributed by atoms with Crippen LogP contribution in [0, 0.1) is 5.82 Å². The molecule has 1 saturated heterocycles. The Labute approximate surface area is 220 Å². The van der Waals surface area contributed by atoms with Crippen molar-refractivity contribution in [2.24, 2.45) is 7.05 Å². The second-order valence-corrected chi connectivity index (χ2v) is 10.0. The van der Waals surface area contributed by atoms with Gasteiger partial charge in [-0.2, -0.15) is 0 Å². The number of piperazine rings is 1. The van der Waals surface area contributed by atoms with Gasteiger partial charge in [0.15, 0.2) is 0 Å². The van der Waals surface area contributed by atoms with Crippen molar-refractivity contribution in [2.45, 2.75) is 19.9 Å². The van der Waals surface area contributed by atoms with Crippen LogP contribution in [0.5, 0.6) is 5.75 Å². The number of aromatic hydroxyl groups is 1. The van der Waals surface area contributed by atoms with Crippen LogP contribution in [0.1, 0.15) is 13.8 Å². The summed E-state index contributed by atoms with van der Waals surface area (Å²) in [4.78, 5) is 21.5. The standard InChI is InChI=1S/C28H29ClFN5O2/c1-18(2)33-9-11-34(12-10-33)26-15-20(6-7-31-26)23-17-21(30)16-22(27(23)36)19-4-5-25(24(29)14-19)35-13-8-32(3)28(35)37/h4-8,13-18,36H,9-12H2,1-3H3. The van der Waals surface area contributed by atoms with E-state index in [-0.39, 0.29) is 11.4 Å². The molecule has 2 aromatic heterocycles. The predicted molar refractivity (Wildman–Crippen MR) is 145 cm³/mol. The fourth-order valence-electron chi connectivity index (χ4n) is 4.78. The first-order valence-corrected chi connectivity index (χ1v) is 12.6. The van der Waals surface area contributed by atoms with Gasteiger partial charge in [-0.25, -0.2) is 14.2 Å². The summed E-state index contributed by atoms with van der Waals surface area (Å²) in [5, 5.41) is 11.5. The smallest absolute Gasteiger partial charge is 0.332 e. The molecule has 1 fully saturated rings. The van der Waals surface area contributed by atoms with Gasteiger partial charge in [0, 0.05) is 69.0 Å². The van der Waals surface area contributed by atoms with Crippen molar-refractivity contribution in [1.29, 1.82) is 0 Å². The van der Waals surface area contributed by atoms with Crippen LogP contribution in [-0.2, 0) is 7.05 Å². The molecule has 37 heavy (non-hydrogen) atoms. The van der Waals surface area contributed by atoms with Gasteiger partial charge in [-0.15, -0.1) is 0 Å². The van der Waals surface area contributed by atoms with E-state index in [0.717, 1.165) is 32.0 Å². The molecular formula is C28H29ClFN5O2. The largest absolute Gasteiger partial charge is 0.507 e. The van der Waals surface area contributed by atoms with Crippen molar-refractivity contribution in [3.63, 3.8) is 0 Å².